The number of hydrogen-bond acceptors (Lipinski definition) is 4. The maximum atomic E-state index is 10.8. The second-order valence-corrected chi connectivity index (χ2v) is 11.0. The molecule has 3 heterocycles. The van der Waals surface area contributed by atoms with Gasteiger partial charge in [-0.3, -0.25) is 0 Å². The van der Waals surface area contributed by atoms with Crippen LogP contribution in [0.25, 0.3) is 22.2 Å². The normalized spacial score (nSPS) is 30.3. The maximum Gasteiger partial charge on any atom is 0.190 e. The fourth-order valence-electron chi connectivity index (χ4n) is 7.25. The van der Waals surface area contributed by atoms with Crippen molar-refractivity contribution < 1.29 is 9.63 Å². The lowest BCUT2D eigenvalue weighted by molar-refractivity contribution is 0.00289. The molecule has 1 saturated carbocycles. The Kier molecular flexibility index (Phi) is 3.62. The molecule has 2 bridgehead atoms. The van der Waals surface area contributed by atoms with Gasteiger partial charge in [0.15, 0.2) is 5.58 Å². The van der Waals surface area contributed by atoms with Crippen LogP contribution in [0.15, 0.2) is 33.7 Å². The number of benzene rings is 2. The fraction of sp³-hybridized carbons (Fsp3) is 0.520. The summed E-state index contributed by atoms with van der Waals surface area (Å²) in [6.07, 6.45) is 7.58. The minimum absolute atomic E-state index is 0.248. The number of piperidine rings is 1. The molecule has 0 spiro atoms. The van der Waals surface area contributed by atoms with Gasteiger partial charge in [0, 0.05) is 27.7 Å². The molecule has 156 valence electrons. The molecule has 7 rings (SSSR count). The Morgan fingerprint density at radius 1 is 1.13 bits per heavy atom. The Balaban J connectivity index is 1.47. The number of fused-ring (bicyclic) bond motifs is 1. The molecular weight excluding hydrogens is 392 g/mol. The molecule has 2 fully saturated rings. The van der Waals surface area contributed by atoms with E-state index in [0.29, 0.717) is 11.8 Å². The van der Waals surface area contributed by atoms with E-state index in [2.05, 4.69) is 30.1 Å². The van der Waals surface area contributed by atoms with E-state index in [0.717, 1.165) is 35.8 Å². The minimum atomic E-state index is 0.248. The molecule has 2 aromatic carbocycles. The lowest BCUT2D eigenvalue weighted by Crippen LogP contribution is -2.59. The average molecular weight is 421 g/mol. The number of hydrogen-bond donors (Lipinski definition) is 1. The molecule has 1 aromatic heterocycles. The van der Waals surface area contributed by atoms with Gasteiger partial charge in [-0.1, -0.05) is 12.8 Å². The van der Waals surface area contributed by atoms with Crippen molar-refractivity contribution in [3.63, 3.8) is 0 Å². The number of likely N-dealkylation sites (N-methyl/N-ethyl adjacent to an activating group) is 1. The summed E-state index contributed by atoms with van der Waals surface area (Å²) in [5, 5.41) is 10.8. The smallest absolute Gasteiger partial charge is 0.190 e. The van der Waals surface area contributed by atoms with E-state index in [-0.39, 0.29) is 5.41 Å². The van der Waals surface area contributed by atoms with Crippen LogP contribution in [0.2, 0.25) is 0 Å². The zero-order valence-corrected chi connectivity index (χ0v) is 18.3. The van der Waals surface area contributed by atoms with E-state index in [1.165, 1.54) is 65.8 Å². The highest BCUT2D eigenvalue weighted by atomic mass is 32.2. The van der Waals surface area contributed by atoms with Gasteiger partial charge in [-0.25, -0.2) is 4.74 Å². The van der Waals surface area contributed by atoms with Crippen LogP contribution in [0.5, 0.6) is 5.75 Å². The highest BCUT2D eigenvalue weighted by Crippen LogP contribution is 2.57. The molecule has 4 aliphatic rings. The predicted octanol–water partition coefficient (Wildman–Crippen LogP) is 5.40. The number of thioether (sulfide) groups is 1. The lowest BCUT2D eigenvalue weighted by atomic mass is 9.52. The summed E-state index contributed by atoms with van der Waals surface area (Å²) in [4.78, 5) is 3.94. The summed E-state index contributed by atoms with van der Waals surface area (Å²) in [6.45, 7) is 2.12. The third-order valence-corrected chi connectivity index (χ3v) is 9.64. The second kappa shape index (κ2) is 6.10. The Hall–Kier alpha value is -1.85. The summed E-state index contributed by atoms with van der Waals surface area (Å²) in [6, 6.07) is 9.21. The molecule has 4 nitrogen and oxygen atoms in total. The third-order valence-electron chi connectivity index (χ3n) is 8.61. The first-order valence-electron chi connectivity index (χ1n) is 11.5. The van der Waals surface area contributed by atoms with Crippen LogP contribution in [0.4, 0.5) is 0 Å². The topological polar surface area (TPSA) is 41.5 Å². The highest BCUT2D eigenvalue weighted by molar-refractivity contribution is 7.99. The summed E-state index contributed by atoms with van der Waals surface area (Å²) in [5.41, 5.74) is 7.77. The van der Waals surface area contributed by atoms with Crippen LogP contribution in [0, 0.1) is 5.92 Å². The van der Waals surface area contributed by atoms with Crippen molar-refractivity contribution in [3.05, 3.63) is 35.4 Å². The van der Waals surface area contributed by atoms with E-state index >= 15 is 0 Å². The number of rotatable bonds is 1. The molecule has 1 saturated heterocycles. The van der Waals surface area contributed by atoms with Crippen molar-refractivity contribution in [1.29, 1.82) is 0 Å². The Bertz CT molecular complexity index is 1180. The van der Waals surface area contributed by atoms with Crippen molar-refractivity contribution in [2.75, 3.05) is 19.3 Å². The summed E-state index contributed by atoms with van der Waals surface area (Å²) < 4.78 is 8.17. The van der Waals surface area contributed by atoms with Gasteiger partial charge in [0.1, 0.15) is 11.3 Å². The van der Waals surface area contributed by atoms with Crippen LogP contribution in [-0.2, 0) is 18.4 Å². The fourth-order valence-corrected chi connectivity index (χ4v) is 8.22. The van der Waals surface area contributed by atoms with Gasteiger partial charge in [-0.15, -0.1) is 11.8 Å². The van der Waals surface area contributed by atoms with Gasteiger partial charge in [0.05, 0.1) is 6.54 Å². The average Bonchev–Trinajstić information content (AvgIpc) is 2.74. The van der Waals surface area contributed by atoms with Crippen molar-refractivity contribution >= 4 is 22.9 Å². The van der Waals surface area contributed by atoms with Gasteiger partial charge in [-0.2, -0.15) is 0 Å². The third kappa shape index (κ3) is 2.18. The van der Waals surface area contributed by atoms with Crippen molar-refractivity contribution in [3.8, 4) is 16.9 Å². The van der Waals surface area contributed by atoms with E-state index in [4.69, 9.17) is 4.52 Å². The van der Waals surface area contributed by atoms with Crippen LogP contribution >= 0.6 is 11.8 Å². The number of aromatic nitrogens is 1. The number of aryl methyl sites for hydroxylation is 1. The van der Waals surface area contributed by atoms with Crippen LogP contribution < -0.4 is 0 Å². The van der Waals surface area contributed by atoms with Gasteiger partial charge < -0.3 is 14.5 Å². The SMILES string of the molecule is CN1CC[C@]23CCCC[C@H]2[C@H]1Cc1c(-c2ccc4c5c2on5CCS4)cc(O)cc13. The zero-order valence-electron chi connectivity index (χ0n) is 17.5. The van der Waals surface area contributed by atoms with Gasteiger partial charge >= 0.3 is 0 Å². The summed E-state index contributed by atoms with van der Waals surface area (Å²) in [7, 11) is 2.32. The first-order valence-corrected chi connectivity index (χ1v) is 12.5. The molecule has 3 aromatic rings. The van der Waals surface area contributed by atoms with Crippen LogP contribution in [0.1, 0.15) is 43.2 Å². The molecule has 30 heavy (non-hydrogen) atoms. The molecular formula is C25H28N2O2S. The van der Waals surface area contributed by atoms with E-state index in [9.17, 15) is 5.11 Å². The number of likely N-dealkylation sites (tertiary alicyclic amines) is 1. The summed E-state index contributed by atoms with van der Waals surface area (Å²) in [5.74, 6) is 2.21. The van der Waals surface area contributed by atoms with Crippen molar-refractivity contribution in [2.45, 2.75) is 61.4 Å². The number of nitrogens with zero attached hydrogens (tertiary/aromatic N) is 2. The quantitative estimate of drug-likeness (QED) is 0.572. The monoisotopic (exact) mass is 420 g/mol. The predicted molar refractivity (Wildman–Crippen MR) is 120 cm³/mol. The minimum Gasteiger partial charge on any atom is -0.508 e. The van der Waals surface area contributed by atoms with E-state index in [1.54, 1.807) is 0 Å². The number of phenols is 1. The van der Waals surface area contributed by atoms with Crippen molar-refractivity contribution in [1.82, 2.24) is 9.64 Å². The Labute approximate surface area is 181 Å². The maximum absolute atomic E-state index is 10.8. The van der Waals surface area contributed by atoms with Gasteiger partial charge in [0.25, 0.3) is 0 Å². The Morgan fingerprint density at radius 3 is 3.00 bits per heavy atom. The Morgan fingerprint density at radius 2 is 2.07 bits per heavy atom. The number of phenolic OH excluding ortho intramolecular Hbond substituents is 1. The number of aromatic hydroxyl groups is 1. The second-order valence-electron chi connectivity index (χ2n) is 9.86. The van der Waals surface area contributed by atoms with Crippen LogP contribution in [-0.4, -0.2) is 40.1 Å². The van der Waals surface area contributed by atoms with Gasteiger partial charge in [-0.05, 0) is 86.1 Å². The standard InChI is InChI=1S/C25H28N2O2S/c1-26-9-8-25-7-3-2-4-19(25)21(26)14-18-17(12-15(28)13-20(18)25)16-5-6-22-23-24(16)29-27(23)10-11-30-22/h5-6,12-13,19,21,28H,2-4,7-11,14H2,1H3/t19-,21+,25+/m0/s1. The highest BCUT2D eigenvalue weighted by Gasteiger charge is 2.53. The molecule has 0 unspecified atom stereocenters. The first-order chi connectivity index (χ1) is 14.7. The lowest BCUT2D eigenvalue weighted by Gasteiger charge is -2.58. The molecule has 0 radical (unpaired) electrons. The molecule has 2 aliphatic carbocycles. The molecule has 1 N–H and O–H groups in total. The first kappa shape index (κ1) is 17.8. The molecule has 0 amide bonds. The van der Waals surface area contributed by atoms with Gasteiger partial charge in [0.2, 0.25) is 0 Å². The zero-order chi connectivity index (χ0) is 20.0. The van der Waals surface area contributed by atoms with Crippen molar-refractivity contribution in [2.24, 2.45) is 5.92 Å². The molecule has 5 heteroatoms. The molecule has 2 aliphatic heterocycles. The largest absolute Gasteiger partial charge is 0.508 e. The van der Waals surface area contributed by atoms with E-state index in [1.807, 2.05) is 22.6 Å². The summed E-state index contributed by atoms with van der Waals surface area (Å²) >= 11 is 1.92. The van der Waals surface area contributed by atoms with E-state index < -0.39 is 0 Å². The molecule has 3 atom stereocenters. The van der Waals surface area contributed by atoms with Crippen LogP contribution in [0.3, 0.4) is 0 Å².